The number of hydrogen-bond donors (Lipinski definition) is 1. The van der Waals surface area contributed by atoms with Gasteiger partial charge >= 0.3 is 0 Å². The van der Waals surface area contributed by atoms with Gasteiger partial charge in [0.2, 0.25) is 0 Å². The van der Waals surface area contributed by atoms with Gasteiger partial charge in [0.25, 0.3) is 0 Å². The van der Waals surface area contributed by atoms with E-state index in [-0.39, 0.29) is 5.60 Å². The highest BCUT2D eigenvalue weighted by atomic mass is 16.5. The molecule has 1 fully saturated rings. The Kier molecular flexibility index (Phi) is 3.30. The van der Waals surface area contributed by atoms with Crippen molar-refractivity contribution in [3.63, 3.8) is 0 Å². The number of pyridine rings is 1. The Bertz CT molecular complexity index is 441. The maximum absolute atomic E-state index is 8.89. The summed E-state index contributed by atoms with van der Waals surface area (Å²) < 4.78 is 5.53. The monoisotopic (exact) mass is 231 g/mol. The molecule has 1 aromatic heterocycles. The molecule has 90 valence electrons. The van der Waals surface area contributed by atoms with Crippen LogP contribution in [0.4, 0.5) is 5.82 Å². The Morgan fingerprint density at radius 2 is 2.29 bits per heavy atom. The highest BCUT2D eigenvalue weighted by Gasteiger charge is 2.36. The molecule has 17 heavy (non-hydrogen) atoms. The van der Waals surface area contributed by atoms with E-state index in [0.29, 0.717) is 5.56 Å². The summed E-state index contributed by atoms with van der Waals surface area (Å²) in [6.07, 6.45) is 3.40. The lowest BCUT2D eigenvalue weighted by atomic mass is 9.80. The number of aromatic nitrogens is 1. The Labute approximate surface area is 102 Å². The minimum absolute atomic E-state index is 0.0295. The maximum Gasteiger partial charge on any atom is 0.127 e. The van der Waals surface area contributed by atoms with E-state index in [2.05, 4.69) is 16.4 Å². The van der Waals surface area contributed by atoms with Crippen molar-refractivity contribution in [2.75, 3.05) is 19.0 Å². The van der Waals surface area contributed by atoms with Crippen molar-refractivity contribution >= 4 is 5.82 Å². The van der Waals surface area contributed by atoms with Crippen molar-refractivity contribution in [1.82, 2.24) is 4.98 Å². The first-order valence-electron chi connectivity index (χ1n) is 5.85. The Balaban J connectivity index is 2.04. The van der Waals surface area contributed by atoms with E-state index < -0.39 is 0 Å². The lowest BCUT2D eigenvalue weighted by molar-refractivity contribution is -0.0601. The topological polar surface area (TPSA) is 57.9 Å². The van der Waals surface area contributed by atoms with Gasteiger partial charge in [-0.2, -0.15) is 5.26 Å². The second kappa shape index (κ2) is 4.72. The van der Waals surface area contributed by atoms with Crippen molar-refractivity contribution < 1.29 is 4.74 Å². The van der Waals surface area contributed by atoms with E-state index in [4.69, 9.17) is 10.00 Å². The quantitative estimate of drug-likeness (QED) is 0.863. The third-order valence-electron chi connectivity index (χ3n) is 3.37. The van der Waals surface area contributed by atoms with Gasteiger partial charge in [0.15, 0.2) is 0 Å². The van der Waals surface area contributed by atoms with Crippen LogP contribution < -0.4 is 5.32 Å². The summed E-state index contributed by atoms with van der Waals surface area (Å²) >= 11 is 0. The number of nitrogens with zero attached hydrogens (tertiary/aromatic N) is 2. The first kappa shape index (κ1) is 11.9. The summed E-state index contributed by atoms with van der Waals surface area (Å²) in [6, 6.07) is 5.69. The largest absolute Gasteiger partial charge is 0.376 e. The minimum atomic E-state index is -0.0295. The molecule has 0 amide bonds. The molecule has 1 aromatic rings. The van der Waals surface area contributed by atoms with Crippen molar-refractivity contribution in [3.8, 4) is 6.07 Å². The van der Waals surface area contributed by atoms with E-state index >= 15 is 0 Å². The average molecular weight is 231 g/mol. The maximum atomic E-state index is 8.89. The second-order valence-electron chi connectivity index (χ2n) is 4.59. The van der Waals surface area contributed by atoms with Gasteiger partial charge in [-0.05, 0) is 38.3 Å². The zero-order valence-electron chi connectivity index (χ0n) is 10.3. The van der Waals surface area contributed by atoms with Gasteiger partial charge in [-0.3, -0.25) is 0 Å². The van der Waals surface area contributed by atoms with Gasteiger partial charge in [-0.1, -0.05) is 0 Å². The predicted molar refractivity (Wildman–Crippen MR) is 65.8 cm³/mol. The standard InChI is InChI=1S/C13H17N3O/c1-10-6-11(8-14)7-12(16-10)15-9-13(17-2)4-3-5-13/h6-7H,3-5,9H2,1-2H3,(H,15,16). The summed E-state index contributed by atoms with van der Waals surface area (Å²) in [4.78, 5) is 4.36. The van der Waals surface area contributed by atoms with E-state index in [1.165, 1.54) is 6.42 Å². The van der Waals surface area contributed by atoms with Crippen molar-refractivity contribution in [3.05, 3.63) is 23.4 Å². The fourth-order valence-corrected chi connectivity index (χ4v) is 2.10. The lowest BCUT2D eigenvalue weighted by Crippen LogP contribution is -2.45. The van der Waals surface area contributed by atoms with Crippen molar-refractivity contribution in [2.24, 2.45) is 0 Å². The summed E-state index contributed by atoms with van der Waals surface area (Å²) in [5.74, 6) is 0.755. The number of nitriles is 1. The van der Waals surface area contributed by atoms with Crippen LogP contribution in [0, 0.1) is 18.3 Å². The molecule has 0 radical (unpaired) electrons. The molecule has 1 heterocycles. The molecule has 1 aliphatic rings. The molecule has 0 bridgehead atoms. The van der Waals surface area contributed by atoms with Crippen LogP contribution in [0.3, 0.4) is 0 Å². The van der Waals surface area contributed by atoms with Crippen LogP contribution in [0.5, 0.6) is 0 Å². The van der Waals surface area contributed by atoms with E-state index in [9.17, 15) is 0 Å². The first-order valence-corrected chi connectivity index (χ1v) is 5.85. The normalized spacial score (nSPS) is 17.0. The number of rotatable bonds is 4. The molecule has 0 unspecified atom stereocenters. The number of ether oxygens (including phenoxy) is 1. The predicted octanol–water partition coefficient (Wildman–Crippen LogP) is 2.24. The third-order valence-corrected chi connectivity index (χ3v) is 3.37. The zero-order valence-corrected chi connectivity index (χ0v) is 10.3. The fourth-order valence-electron chi connectivity index (χ4n) is 2.10. The van der Waals surface area contributed by atoms with Crippen molar-refractivity contribution in [1.29, 1.82) is 5.26 Å². The Morgan fingerprint density at radius 3 is 2.82 bits per heavy atom. The van der Waals surface area contributed by atoms with Gasteiger partial charge in [-0.15, -0.1) is 0 Å². The summed E-state index contributed by atoms with van der Waals surface area (Å²) in [5, 5.41) is 12.2. The van der Waals surface area contributed by atoms with Crippen LogP contribution in [0.15, 0.2) is 12.1 Å². The van der Waals surface area contributed by atoms with Gasteiger partial charge in [-0.25, -0.2) is 4.98 Å². The Hall–Kier alpha value is -1.60. The van der Waals surface area contributed by atoms with Gasteiger partial charge in [0.1, 0.15) is 5.82 Å². The molecular formula is C13H17N3O. The SMILES string of the molecule is COC1(CNc2cc(C#N)cc(C)n2)CCC1. The lowest BCUT2D eigenvalue weighted by Gasteiger charge is -2.40. The number of nitrogens with one attached hydrogen (secondary N) is 1. The van der Waals surface area contributed by atoms with Crippen LogP contribution in [0.2, 0.25) is 0 Å². The third kappa shape index (κ3) is 2.56. The van der Waals surface area contributed by atoms with Gasteiger partial charge < -0.3 is 10.1 Å². The molecule has 1 aliphatic carbocycles. The molecular weight excluding hydrogens is 214 g/mol. The molecule has 1 N–H and O–H groups in total. The van der Waals surface area contributed by atoms with Crippen LogP contribution >= 0.6 is 0 Å². The van der Waals surface area contributed by atoms with Crippen LogP contribution in [-0.4, -0.2) is 24.2 Å². The second-order valence-corrected chi connectivity index (χ2v) is 4.59. The smallest absolute Gasteiger partial charge is 0.127 e. The molecule has 0 spiro atoms. The average Bonchev–Trinajstić information content (AvgIpc) is 2.27. The van der Waals surface area contributed by atoms with Crippen LogP contribution in [-0.2, 0) is 4.74 Å². The fraction of sp³-hybridized carbons (Fsp3) is 0.538. The number of anilines is 1. The highest BCUT2D eigenvalue weighted by Crippen LogP contribution is 2.34. The zero-order chi connectivity index (χ0) is 12.3. The number of methoxy groups -OCH3 is 1. The molecule has 0 saturated heterocycles. The van der Waals surface area contributed by atoms with Crippen LogP contribution in [0.1, 0.15) is 30.5 Å². The summed E-state index contributed by atoms with van der Waals surface area (Å²) in [6.45, 7) is 2.65. The molecule has 0 atom stereocenters. The molecule has 4 heteroatoms. The summed E-state index contributed by atoms with van der Waals surface area (Å²) in [5.41, 5.74) is 1.46. The highest BCUT2D eigenvalue weighted by molar-refractivity contribution is 5.44. The van der Waals surface area contributed by atoms with Crippen LogP contribution in [0.25, 0.3) is 0 Å². The molecule has 2 rings (SSSR count). The van der Waals surface area contributed by atoms with E-state index in [0.717, 1.165) is 30.9 Å². The van der Waals surface area contributed by atoms with Gasteiger partial charge in [0.05, 0.1) is 17.2 Å². The summed E-state index contributed by atoms with van der Waals surface area (Å²) in [7, 11) is 1.76. The first-order chi connectivity index (χ1) is 8.17. The molecule has 4 nitrogen and oxygen atoms in total. The Morgan fingerprint density at radius 1 is 1.53 bits per heavy atom. The van der Waals surface area contributed by atoms with E-state index in [1.807, 2.05) is 6.92 Å². The van der Waals surface area contributed by atoms with E-state index in [1.54, 1.807) is 19.2 Å². The number of aryl methyl sites for hydroxylation is 1. The van der Waals surface area contributed by atoms with Crippen molar-refractivity contribution in [2.45, 2.75) is 31.8 Å². The minimum Gasteiger partial charge on any atom is -0.376 e. The van der Waals surface area contributed by atoms with Gasteiger partial charge in [0, 0.05) is 19.3 Å². The molecule has 1 saturated carbocycles. The molecule has 0 aliphatic heterocycles. The molecule has 0 aromatic carbocycles. The number of hydrogen-bond acceptors (Lipinski definition) is 4.